The van der Waals surface area contributed by atoms with Gasteiger partial charge in [0, 0.05) is 48.4 Å². The van der Waals surface area contributed by atoms with Gasteiger partial charge in [-0.3, -0.25) is 14.8 Å². The van der Waals surface area contributed by atoms with Crippen molar-refractivity contribution in [1.82, 2.24) is 14.8 Å². The predicted octanol–water partition coefficient (Wildman–Crippen LogP) is 5.92. The zero-order valence-corrected chi connectivity index (χ0v) is 20.7. The molecule has 0 amide bonds. The summed E-state index contributed by atoms with van der Waals surface area (Å²) >= 11 is 0. The number of nitrogens with zero attached hydrogens (tertiary/aromatic N) is 4. The van der Waals surface area contributed by atoms with Crippen LogP contribution in [0.3, 0.4) is 0 Å². The molecule has 4 heterocycles. The molecule has 1 saturated heterocycles. The van der Waals surface area contributed by atoms with E-state index in [1.54, 1.807) is 42.9 Å². The Labute approximate surface area is 221 Å². The molecule has 5 aromatic rings. The number of anilines is 1. The molecule has 1 fully saturated rings. The number of benzene rings is 2. The molecule has 1 aliphatic heterocycles. The maximum atomic E-state index is 13.2. The highest BCUT2D eigenvalue weighted by atomic mass is 19.1. The Morgan fingerprint density at radius 3 is 2.67 bits per heavy atom. The molecule has 0 unspecified atom stereocenters. The molecule has 6 rings (SSSR count). The van der Waals surface area contributed by atoms with Gasteiger partial charge in [-0.15, -0.1) is 0 Å². The average molecular weight is 530 g/mol. The van der Waals surface area contributed by atoms with E-state index in [1.807, 2.05) is 10.9 Å². The standard InChI is InChI=1S/C28H24FN5O5/c29-20-4-1-17(2-5-20)15-38-25-11-18(3-6-24(25)34(35)36)23-16-39-27-22(13-31-28(30)26(23)27)19-12-32-33(14-19)21-7-9-37-10-8-21/h1-6,11-14,16,21H,7-10,15H2,(H2,30,31). The highest BCUT2D eigenvalue weighted by Crippen LogP contribution is 2.41. The summed E-state index contributed by atoms with van der Waals surface area (Å²) in [6.45, 7) is 1.45. The first-order valence-corrected chi connectivity index (χ1v) is 12.4. The second-order valence-corrected chi connectivity index (χ2v) is 9.32. The monoisotopic (exact) mass is 529 g/mol. The van der Waals surface area contributed by atoms with Crippen LogP contribution in [0.2, 0.25) is 0 Å². The van der Waals surface area contributed by atoms with E-state index in [2.05, 4.69) is 10.1 Å². The van der Waals surface area contributed by atoms with Crippen LogP contribution in [0.4, 0.5) is 15.9 Å². The van der Waals surface area contributed by atoms with Crippen LogP contribution in [-0.2, 0) is 11.3 Å². The van der Waals surface area contributed by atoms with Gasteiger partial charge in [-0.25, -0.2) is 9.37 Å². The van der Waals surface area contributed by atoms with Crippen molar-refractivity contribution in [3.63, 3.8) is 0 Å². The number of fused-ring (bicyclic) bond motifs is 1. The minimum absolute atomic E-state index is 0.0294. The first-order chi connectivity index (χ1) is 19.0. The third kappa shape index (κ3) is 4.79. The maximum Gasteiger partial charge on any atom is 0.310 e. The van der Waals surface area contributed by atoms with Crippen LogP contribution in [-0.4, -0.2) is 32.9 Å². The number of nitro groups is 1. The molecule has 2 N–H and O–H groups in total. The number of rotatable bonds is 7. The molecular formula is C28H24FN5O5. The summed E-state index contributed by atoms with van der Waals surface area (Å²) in [6, 6.07) is 10.6. The number of hydrogen-bond donors (Lipinski definition) is 1. The van der Waals surface area contributed by atoms with Crippen LogP contribution < -0.4 is 10.5 Å². The average Bonchev–Trinajstić information content (AvgIpc) is 3.62. The lowest BCUT2D eigenvalue weighted by molar-refractivity contribution is -0.385. The van der Waals surface area contributed by atoms with Gasteiger partial charge in [-0.2, -0.15) is 5.10 Å². The van der Waals surface area contributed by atoms with Gasteiger partial charge in [0.15, 0.2) is 5.75 Å². The lowest BCUT2D eigenvalue weighted by atomic mass is 10.0. The number of furan rings is 1. The van der Waals surface area contributed by atoms with E-state index >= 15 is 0 Å². The zero-order valence-electron chi connectivity index (χ0n) is 20.7. The number of halogens is 1. The van der Waals surface area contributed by atoms with Crippen molar-refractivity contribution in [2.24, 2.45) is 0 Å². The van der Waals surface area contributed by atoms with Gasteiger partial charge < -0.3 is 19.6 Å². The minimum Gasteiger partial charge on any atom is -0.482 e. The van der Waals surface area contributed by atoms with E-state index in [4.69, 9.17) is 19.6 Å². The Balaban J connectivity index is 1.36. The Bertz CT molecular complexity index is 1660. The fourth-order valence-corrected chi connectivity index (χ4v) is 4.80. The van der Waals surface area contributed by atoms with Gasteiger partial charge >= 0.3 is 5.69 Å². The van der Waals surface area contributed by atoms with Crippen LogP contribution in [0.25, 0.3) is 33.2 Å². The third-order valence-corrected chi connectivity index (χ3v) is 6.88. The van der Waals surface area contributed by atoms with Crippen molar-refractivity contribution >= 4 is 22.5 Å². The molecule has 39 heavy (non-hydrogen) atoms. The normalized spacial score (nSPS) is 14.1. The molecule has 0 saturated carbocycles. The molecular weight excluding hydrogens is 505 g/mol. The zero-order chi connectivity index (χ0) is 26.9. The maximum absolute atomic E-state index is 13.2. The molecule has 10 nitrogen and oxygen atoms in total. The number of nitrogen functional groups attached to an aromatic ring is 1. The highest BCUT2D eigenvalue weighted by molar-refractivity contribution is 6.06. The van der Waals surface area contributed by atoms with Gasteiger partial charge in [-0.05, 0) is 48.2 Å². The van der Waals surface area contributed by atoms with Crippen molar-refractivity contribution in [3.8, 4) is 28.0 Å². The van der Waals surface area contributed by atoms with Crippen molar-refractivity contribution in [1.29, 1.82) is 0 Å². The lowest BCUT2D eigenvalue weighted by Crippen LogP contribution is -2.19. The van der Waals surface area contributed by atoms with E-state index in [-0.39, 0.29) is 35.7 Å². The van der Waals surface area contributed by atoms with E-state index in [9.17, 15) is 14.5 Å². The smallest absolute Gasteiger partial charge is 0.310 e. The second-order valence-electron chi connectivity index (χ2n) is 9.32. The minimum atomic E-state index is -0.513. The van der Waals surface area contributed by atoms with Gasteiger partial charge in [0.05, 0.1) is 28.8 Å². The molecule has 0 aliphatic carbocycles. The molecule has 0 spiro atoms. The molecule has 1 aliphatic rings. The molecule has 0 bridgehead atoms. The Hall–Kier alpha value is -4.77. The summed E-state index contributed by atoms with van der Waals surface area (Å²) in [4.78, 5) is 15.6. The van der Waals surface area contributed by atoms with E-state index in [0.29, 0.717) is 40.9 Å². The second kappa shape index (κ2) is 10.2. The topological polar surface area (TPSA) is 131 Å². The van der Waals surface area contributed by atoms with Gasteiger partial charge in [0.1, 0.15) is 23.8 Å². The summed E-state index contributed by atoms with van der Waals surface area (Å²) in [5.74, 6) is -0.0434. The summed E-state index contributed by atoms with van der Waals surface area (Å²) in [6.07, 6.45) is 8.75. The van der Waals surface area contributed by atoms with Crippen LogP contribution >= 0.6 is 0 Å². The number of nitrogens with two attached hydrogens (primary N) is 1. The van der Waals surface area contributed by atoms with Crippen molar-refractivity contribution in [3.05, 3.63) is 88.8 Å². The van der Waals surface area contributed by atoms with Gasteiger partial charge in [-0.1, -0.05) is 12.1 Å². The molecule has 0 atom stereocenters. The highest BCUT2D eigenvalue weighted by Gasteiger charge is 2.23. The molecule has 0 radical (unpaired) electrons. The Kier molecular flexibility index (Phi) is 6.41. The summed E-state index contributed by atoms with van der Waals surface area (Å²) in [7, 11) is 0. The summed E-state index contributed by atoms with van der Waals surface area (Å²) < 4.78 is 32.5. The largest absolute Gasteiger partial charge is 0.482 e. The Morgan fingerprint density at radius 1 is 1.10 bits per heavy atom. The van der Waals surface area contributed by atoms with Crippen LogP contribution in [0.5, 0.6) is 5.75 Å². The fourth-order valence-electron chi connectivity index (χ4n) is 4.80. The molecule has 2 aromatic carbocycles. The van der Waals surface area contributed by atoms with Crippen LogP contribution in [0, 0.1) is 15.9 Å². The molecule has 3 aromatic heterocycles. The first-order valence-electron chi connectivity index (χ1n) is 12.4. The fraction of sp³-hybridized carbons (Fsp3) is 0.214. The Morgan fingerprint density at radius 2 is 1.90 bits per heavy atom. The number of nitro benzene ring substituents is 1. The van der Waals surface area contributed by atoms with Crippen molar-refractivity contribution in [2.45, 2.75) is 25.5 Å². The van der Waals surface area contributed by atoms with Gasteiger partial charge in [0.25, 0.3) is 0 Å². The van der Waals surface area contributed by atoms with Crippen LogP contribution in [0.15, 0.2) is 71.7 Å². The molecule has 198 valence electrons. The van der Waals surface area contributed by atoms with Crippen molar-refractivity contribution < 1.29 is 23.2 Å². The number of pyridine rings is 1. The van der Waals surface area contributed by atoms with E-state index < -0.39 is 4.92 Å². The van der Waals surface area contributed by atoms with E-state index in [1.165, 1.54) is 18.2 Å². The van der Waals surface area contributed by atoms with Gasteiger partial charge in [0.2, 0.25) is 0 Å². The first kappa shape index (κ1) is 24.6. The van der Waals surface area contributed by atoms with Crippen molar-refractivity contribution in [2.75, 3.05) is 18.9 Å². The quantitative estimate of drug-likeness (QED) is 0.203. The third-order valence-electron chi connectivity index (χ3n) is 6.88. The molecule has 11 heteroatoms. The summed E-state index contributed by atoms with van der Waals surface area (Å²) in [5.41, 5.74) is 10.1. The SMILES string of the molecule is Nc1ncc(-c2cnn(C3CCOCC3)c2)c2occ(-c3ccc([N+](=O)[O-])c(OCc4ccc(F)cc4)c3)c12. The summed E-state index contributed by atoms with van der Waals surface area (Å²) in [5, 5.41) is 16.8. The number of hydrogen-bond acceptors (Lipinski definition) is 8. The number of ether oxygens (including phenoxy) is 2. The van der Waals surface area contributed by atoms with Crippen LogP contribution in [0.1, 0.15) is 24.4 Å². The van der Waals surface area contributed by atoms with E-state index in [0.717, 1.165) is 24.0 Å². The predicted molar refractivity (Wildman–Crippen MR) is 142 cm³/mol. The lowest BCUT2D eigenvalue weighted by Gasteiger charge is -2.22. The number of aromatic nitrogens is 3.